The van der Waals surface area contributed by atoms with E-state index in [4.69, 9.17) is 4.74 Å². The molecule has 0 unspecified atom stereocenters. The van der Waals surface area contributed by atoms with Gasteiger partial charge in [0.15, 0.2) is 0 Å². The van der Waals surface area contributed by atoms with Crippen LogP contribution in [0.15, 0.2) is 42.9 Å². The van der Waals surface area contributed by atoms with Crippen molar-refractivity contribution in [2.45, 2.75) is 32.2 Å². The van der Waals surface area contributed by atoms with E-state index in [2.05, 4.69) is 25.7 Å². The molecule has 3 heterocycles. The largest absolute Gasteiger partial charge is 0.439 e. The van der Waals surface area contributed by atoms with E-state index in [9.17, 15) is 18.0 Å². The van der Waals surface area contributed by atoms with Gasteiger partial charge in [-0.3, -0.25) is 4.68 Å². The smallest absolute Gasteiger partial charge is 0.433 e. The third kappa shape index (κ3) is 4.76. The molecular formula is C20H19F3N6O2. The summed E-state index contributed by atoms with van der Waals surface area (Å²) < 4.78 is 45.7. The lowest BCUT2D eigenvalue weighted by Crippen LogP contribution is -2.34. The number of amides is 1. The molecule has 0 saturated carbocycles. The quantitative estimate of drug-likeness (QED) is 0.635. The van der Waals surface area contributed by atoms with E-state index in [0.717, 1.165) is 29.0 Å². The number of carbonyl (C=O) groups excluding carboxylic acids is 1. The fourth-order valence-corrected chi connectivity index (χ4v) is 3.31. The predicted molar refractivity (Wildman–Crippen MR) is 106 cm³/mol. The number of aromatic nitrogens is 4. The topological polar surface area (TPSA) is 94.0 Å². The zero-order valence-corrected chi connectivity index (χ0v) is 16.7. The number of carbonyl (C=O) groups is 1. The molecule has 1 saturated heterocycles. The Morgan fingerprint density at radius 2 is 2.10 bits per heavy atom. The van der Waals surface area contributed by atoms with Gasteiger partial charge in [-0.25, -0.2) is 14.8 Å². The van der Waals surface area contributed by atoms with Gasteiger partial charge in [0.2, 0.25) is 5.95 Å². The molecule has 4 rings (SSSR count). The number of hydrogen-bond donors (Lipinski definition) is 2. The first-order chi connectivity index (χ1) is 14.6. The highest BCUT2D eigenvalue weighted by molar-refractivity contribution is 5.71. The van der Waals surface area contributed by atoms with Crippen LogP contribution in [-0.2, 0) is 17.5 Å². The monoisotopic (exact) mass is 432 g/mol. The number of nitrogens with zero attached hydrogens (tertiary/aromatic N) is 4. The average molecular weight is 432 g/mol. The van der Waals surface area contributed by atoms with E-state index in [1.165, 1.54) is 0 Å². The molecule has 2 N–H and O–H groups in total. The Balaban J connectivity index is 1.55. The Kier molecular flexibility index (Phi) is 5.03. The number of aryl methyl sites for hydroxylation is 1. The Bertz CT molecular complexity index is 1130. The van der Waals surface area contributed by atoms with Crippen LogP contribution in [-0.4, -0.2) is 38.0 Å². The van der Waals surface area contributed by atoms with Crippen LogP contribution in [0.2, 0.25) is 0 Å². The van der Waals surface area contributed by atoms with Gasteiger partial charge in [-0.15, -0.1) is 0 Å². The van der Waals surface area contributed by atoms with Crippen LogP contribution in [0, 0.1) is 6.92 Å². The van der Waals surface area contributed by atoms with Gasteiger partial charge in [0.05, 0.1) is 19.3 Å². The molecule has 8 nitrogen and oxygen atoms in total. The van der Waals surface area contributed by atoms with Crippen molar-refractivity contribution in [2.75, 3.05) is 11.9 Å². The zero-order valence-electron chi connectivity index (χ0n) is 16.7. The summed E-state index contributed by atoms with van der Waals surface area (Å²) in [7, 11) is 0. The molecule has 0 radical (unpaired) electrons. The molecule has 11 heteroatoms. The summed E-state index contributed by atoms with van der Waals surface area (Å²) in [5.74, 6) is -0.148. The first-order valence-electron chi connectivity index (χ1n) is 9.38. The molecular weight excluding hydrogens is 413 g/mol. The third-order valence-corrected chi connectivity index (χ3v) is 4.69. The summed E-state index contributed by atoms with van der Waals surface area (Å²) >= 11 is 0. The van der Waals surface area contributed by atoms with Crippen LogP contribution >= 0.6 is 0 Å². The van der Waals surface area contributed by atoms with Crippen molar-refractivity contribution in [3.63, 3.8) is 0 Å². The molecule has 0 aliphatic carbocycles. The summed E-state index contributed by atoms with van der Waals surface area (Å²) in [6.45, 7) is 4.45. The van der Waals surface area contributed by atoms with E-state index < -0.39 is 23.6 Å². The van der Waals surface area contributed by atoms with Gasteiger partial charge in [-0.05, 0) is 43.2 Å². The Labute approximate surface area is 175 Å². The van der Waals surface area contributed by atoms with E-state index in [1.54, 1.807) is 23.0 Å². The lowest BCUT2D eigenvalue weighted by molar-refractivity contribution is -0.141. The van der Waals surface area contributed by atoms with Gasteiger partial charge in [0.1, 0.15) is 11.3 Å². The van der Waals surface area contributed by atoms with Crippen LogP contribution < -0.4 is 10.6 Å². The number of benzene rings is 1. The van der Waals surface area contributed by atoms with Crippen LogP contribution in [0.5, 0.6) is 0 Å². The van der Waals surface area contributed by atoms with Gasteiger partial charge in [0.25, 0.3) is 0 Å². The molecule has 1 atom stereocenters. The second-order valence-electron chi connectivity index (χ2n) is 7.60. The highest BCUT2D eigenvalue weighted by Gasteiger charge is 2.36. The first kappa shape index (κ1) is 20.6. The predicted octanol–water partition coefficient (Wildman–Crippen LogP) is 3.91. The number of hydrogen-bond acceptors (Lipinski definition) is 6. The standard InChI is InChI=1S/C20H19F3N6O2/c1-12-5-13(14-8-26-29(9-14)11-19(2)10-25-18(30)31-19)7-15(6-12)27-17-24-4-3-16(28-17)20(21,22)23/h3-9H,10-11H2,1-2H3,(H,25,30)(H,24,27,28)/t19-/m0/s1. The van der Waals surface area contributed by atoms with Crippen LogP contribution in [0.3, 0.4) is 0 Å². The van der Waals surface area contributed by atoms with Gasteiger partial charge < -0.3 is 15.4 Å². The van der Waals surface area contributed by atoms with Crippen molar-refractivity contribution in [1.29, 1.82) is 0 Å². The third-order valence-electron chi connectivity index (χ3n) is 4.69. The summed E-state index contributed by atoms with van der Waals surface area (Å²) in [4.78, 5) is 18.7. The highest BCUT2D eigenvalue weighted by Crippen LogP contribution is 2.29. The second kappa shape index (κ2) is 7.56. The number of cyclic esters (lactones) is 1. The fraction of sp³-hybridized carbons (Fsp3) is 0.300. The maximum Gasteiger partial charge on any atom is 0.433 e. The second-order valence-corrected chi connectivity index (χ2v) is 7.60. The molecule has 1 aliphatic rings. The maximum absolute atomic E-state index is 12.9. The van der Waals surface area contributed by atoms with E-state index in [0.29, 0.717) is 18.8 Å². The molecule has 1 fully saturated rings. The molecule has 162 valence electrons. The SMILES string of the molecule is Cc1cc(Nc2nccc(C(F)(F)F)n2)cc(-c2cnn(C[C@]3(C)CNC(=O)O3)c2)c1. The van der Waals surface area contributed by atoms with Crippen LogP contribution in [0.4, 0.5) is 29.6 Å². The fourth-order valence-electron chi connectivity index (χ4n) is 3.31. The lowest BCUT2D eigenvalue weighted by atomic mass is 10.1. The summed E-state index contributed by atoms with van der Waals surface area (Å²) in [6.07, 6.45) is -0.458. The number of halogens is 3. The number of alkyl halides is 3. The minimum absolute atomic E-state index is 0.148. The number of ether oxygens (including phenoxy) is 1. The summed E-state index contributed by atoms with van der Waals surface area (Å²) in [5.41, 5.74) is 1.34. The van der Waals surface area contributed by atoms with Crippen LogP contribution in [0.1, 0.15) is 18.2 Å². The summed E-state index contributed by atoms with van der Waals surface area (Å²) in [6, 6.07) is 6.30. The Morgan fingerprint density at radius 3 is 2.81 bits per heavy atom. The van der Waals surface area contributed by atoms with Crippen LogP contribution in [0.25, 0.3) is 11.1 Å². The van der Waals surface area contributed by atoms with Gasteiger partial charge in [-0.2, -0.15) is 18.3 Å². The summed E-state index contributed by atoms with van der Waals surface area (Å²) in [5, 5.41) is 9.79. The highest BCUT2D eigenvalue weighted by atomic mass is 19.4. The van der Waals surface area contributed by atoms with Crippen molar-refractivity contribution in [3.8, 4) is 11.1 Å². The van der Waals surface area contributed by atoms with Crippen molar-refractivity contribution in [3.05, 3.63) is 54.1 Å². The van der Waals surface area contributed by atoms with E-state index in [-0.39, 0.29) is 5.95 Å². The minimum Gasteiger partial charge on any atom is -0.439 e. The van der Waals surface area contributed by atoms with Crippen molar-refractivity contribution in [2.24, 2.45) is 0 Å². The molecule has 1 aliphatic heterocycles. The van der Waals surface area contributed by atoms with Crippen molar-refractivity contribution in [1.82, 2.24) is 25.1 Å². The molecule has 0 bridgehead atoms. The number of rotatable bonds is 5. The van der Waals surface area contributed by atoms with E-state index >= 15 is 0 Å². The van der Waals surface area contributed by atoms with Crippen molar-refractivity contribution < 1.29 is 22.7 Å². The number of nitrogens with one attached hydrogen (secondary N) is 2. The number of anilines is 2. The van der Waals surface area contributed by atoms with Gasteiger partial charge in [-0.1, -0.05) is 6.07 Å². The van der Waals surface area contributed by atoms with Gasteiger partial charge >= 0.3 is 12.3 Å². The lowest BCUT2D eigenvalue weighted by Gasteiger charge is -2.20. The van der Waals surface area contributed by atoms with E-state index in [1.807, 2.05) is 26.1 Å². The maximum atomic E-state index is 12.9. The number of alkyl carbamates (subject to hydrolysis) is 1. The molecule has 3 aromatic rings. The Morgan fingerprint density at radius 1 is 1.29 bits per heavy atom. The molecule has 1 aromatic carbocycles. The normalized spacial score (nSPS) is 18.5. The average Bonchev–Trinajstić information content (AvgIpc) is 3.27. The first-order valence-corrected chi connectivity index (χ1v) is 9.38. The minimum atomic E-state index is -4.55. The Hall–Kier alpha value is -3.63. The van der Waals surface area contributed by atoms with Gasteiger partial charge in [0, 0.05) is 23.6 Å². The molecule has 2 aromatic heterocycles. The van der Waals surface area contributed by atoms with Crippen molar-refractivity contribution >= 4 is 17.7 Å². The molecule has 1 amide bonds. The zero-order chi connectivity index (χ0) is 22.2. The molecule has 31 heavy (non-hydrogen) atoms. The molecule has 0 spiro atoms.